The van der Waals surface area contributed by atoms with Crippen molar-refractivity contribution in [1.29, 1.82) is 0 Å². The molecule has 0 fully saturated rings. The number of nitrogens with one attached hydrogen (secondary N) is 3. The van der Waals surface area contributed by atoms with Gasteiger partial charge in [0.25, 0.3) is 10.0 Å². The Morgan fingerprint density at radius 2 is 2.15 bits per heavy atom. The summed E-state index contributed by atoms with van der Waals surface area (Å²) in [5, 5.41) is 7.46. The molecule has 1 aromatic carbocycles. The van der Waals surface area contributed by atoms with Gasteiger partial charge in [-0.2, -0.15) is 13.5 Å². The quantitative estimate of drug-likeness (QED) is 0.680. The van der Waals surface area contributed by atoms with Gasteiger partial charge in [-0.05, 0) is 12.1 Å². The normalized spacial score (nSPS) is 11.8. The van der Waals surface area contributed by atoms with Crippen LogP contribution in [0.2, 0.25) is 0 Å². The molecule has 0 spiro atoms. The Morgan fingerprint density at radius 3 is 2.90 bits per heavy atom. The molecule has 3 rings (SSSR count). The largest absolute Gasteiger partial charge is 0.332 e. The SMILES string of the molecule is CCc1ncc(S(=O)(=O)Nc2cccc3[nH]ncc23)[nH]1. The van der Waals surface area contributed by atoms with Crippen molar-refractivity contribution in [3.63, 3.8) is 0 Å². The number of sulfonamides is 1. The van der Waals surface area contributed by atoms with E-state index in [0.29, 0.717) is 23.3 Å². The van der Waals surface area contributed by atoms with Crippen molar-refractivity contribution >= 4 is 26.6 Å². The second-order valence-electron chi connectivity index (χ2n) is 4.29. The molecule has 0 aliphatic carbocycles. The zero-order chi connectivity index (χ0) is 14.2. The minimum absolute atomic E-state index is 0.0508. The molecule has 0 aliphatic rings. The molecule has 0 atom stereocenters. The lowest BCUT2D eigenvalue weighted by Crippen LogP contribution is -2.13. The van der Waals surface area contributed by atoms with Gasteiger partial charge in [0.1, 0.15) is 5.82 Å². The first kappa shape index (κ1) is 12.7. The van der Waals surface area contributed by atoms with Crippen molar-refractivity contribution in [1.82, 2.24) is 20.2 Å². The van der Waals surface area contributed by atoms with Crippen molar-refractivity contribution in [2.75, 3.05) is 4.72 Å². The Hall–Kier alpha value is -2.35. The number of aryl methyl sites for hydroxylation is 1. The number of hydrogen-bond donors (Lipinski definition) is 3. The van der Waals surface area contributed by atoms with Crippen LogP contribution in [0.5, 0.6) is 0 Å². The van der Waals surface area contributed by atoms with Crippen LogP contribution in [0.25, 0.3) is 10.9 Å². The van der Waals surface area contributed by atoms with Gasteiger partial charge in [-0.15, -0.1) is 0 Å². The van der Waals surface area contributed by atoms with Crippen LogP contribution in [0, 0.1) is 0 Å². The summed E-state index contributed by atoms with van der Waals surface area (Å²) >= 11 is 0. The maximum absolute atomic E-state index is 12.3. The number of benzene rings is 1. The van der Waals surface area contributed by atoms with Gasteiger partial charge in [0.15, 0.2) is 5.03 Å². The predicted octanol–water partition coefficient (Wildman–Crippen LogP) is 1.65. The highest BCUT2D eigenvalue weighted by Crippen LogP contribution is 2.23. The van der Waals surface area contributed by atoms with E-state index in [-0.39, 0.29) is 5.03 Å². The van der Waals surface area contributed by atoms with Gasteiger partial charge in [-0.3, -0.25) is 9.82 Å². The van der Waals surface area contributed by atoms with Crippen molar-refractivity contribution in [2.24, 2.45) is 0 Å². The van der Waals surface area contributed by atoms with E-state index >= 15 is 0 Å². The van der Waals surface area contributed by atoms with Crippen LogP contribution in [0.1, 0.15) is 12.7 Å². The first-order chi connectivity index (χ1) is 9.60. The van der Waals surface area contributed by atoms with Crippen molar-refractivity contribution < 1.29 is 8.42 Å². The number of anilines is 1. The third-order valence-electron chi connectivity index (χ3n) is 2.96. The molecule has 0 amide bonds. The number of H-pyrrole nitrogens is 2. The molecule has 8 heteroatoms. The lowest BCUT2D eigenvalue weighted by molar-refractivity contribution is 0.598. The van der Waals surface area contributed by atoms with Gasteiger partial charge >= 0.3 is 0 Å². The molecular weight excluding hydrogens is 278 g/mol. The topological polar surface area (TPSA) is 104 Å². The van der Waals surface area contributed by atoms with E-state index in [1.807, 2.05) is 13.0 Å². The Balaban J connectivity index is 1.99. The summed E-state index contributed by atoms with van der Waals surface area (Å²) in [4.78, 5) is 6.78. The fraction of sp³-hybridized carbons (Fsp3) is 0.167. The van der Waals surface area contributed by atoms with Crippen molar-refractivity contribution in [2.45, 2.75) is 18.4 Å². The molecule has 104 valence electrons. The Kier molecular flexibility index (Phi) is 2.94. The van der Waals surface area contributed by atoms with Crippen LogP contribution >= 0.6 is 0 Å². The minimum Gasteiger partial charge on any atom is -0.332 e. The summed E-state index contributed by atoms with van der Waals surface area (Å²) in [6, 6.07) is 5.26. The highest BCUT2D eigenvalue weighted by molar-refractivity contribution is 7.92. The smallest absolute Gasteiger partial charge is 0.279 e. The number of hydrogen-bond acceptors (Lipinski definition) is 4. The van der Waals surface area contributed by atoms with Crippen LogP contribution in [-0.2, 0) is 16.4 Å². The van der Waals surface area contributed by atoms with E-state index in [1.54, 1.807) is 18.3 Å². The molecule has 7 nitrogen and oxygen atoms in total. The van der Waals surface area contributed by atoms with Gasteiger partial charge < -0.3 is 4.98 Å². The molecule has 2 aromatic heterocycles. The maximum atomic E-state index is 12.3. The van der Waals surface area contributed by atoms with Crippen LogP contribution in [0.3, 0.4) is 0 Å². The third kappa shape index (κ3) is 2.14. The molecule has 3 N–H and O–H groups in total. The molecule has 0 saturated carbocycles. The van der Waals surface area contributed by atoms with Gasteiger partial charge in [-0.25, -0.2) is 4.98 Å². The van der Waals surface area contributed by atoms with E-state index in [0.717, 1.165) is 5.52 Å². The number of aromatic amines is 2. The predicted molar refractivity (Wildman–Crippen MR) is 74.9 cm³/mol. The lowest BCUT2D eigenvalue weighted by atomic mass is 10.2. The third-order valence-corrected chi connectivity index (χ3v) is 4.23. The first-order valence-electron chi connectivity index (χ1n) is 6.09. The lowest BCUT2D eigenvalue weighted by Gasteiger charge is -2.06. The van der Waals surface area contributed by atoms with Gasteiger partial charge in [0, 0.05) is 11.8 Å². The molecule has 3 aromatic rings. The summed E-state index contributed by atoms with van der Waals surface area (Å²) in [7, 11) is -3.68. The maximum Gasteiger partial charge on any atom is 0.279 e. The standard InChI is InChI=1S/C12H13N5O2S/c1-2-11-13-7-12(15-11)20(18,19)17-10-5-3-4-9-8(10)6-14-16-9/h3-7,17H,2H2,1H3,(H,13,15)(H,14,16). The molecule has 0 aliphatic heterocycles. The monoisotopic (exact) mass is 291 g/mol. The molecule has 0 bridgehead atoms. The van der Waals surface area contributed by atoms with Crippen LogP contribution in [0.4, 0.5) is 5.69 Å². The summed E-state index contributed by atoms with van der Waals surface area (Å²) in [5.74, 6) is 0.631. The molecule has 0 saturated heterocycles. The van der Waals surface area contributed by atoms with Crippen LogP contribution in [0.15, 0.2) is 35.6 Å². The second kappa shape index (κ2) is 4.64. The van der Waals surface area contributed by atoms with E-state index in [1.165, 1.54) is 6.20 Å². The zero-order valence-electron chi connectivity index (χ0n) is 10.7. The van der Waals surface area contributed by atoms with E-state index in [2.05, 4.69) is 24.9 Å². The summed E-state index contributed by atoms with van der Waals surface area (Å²) in [6.07, 6.45) is 3.54. The van der Waals surface area contributed by atoms with Crippen molar-refractivity contribution in [3.05, 3.63) is 36.4 Å². The first-order valence-corrected chi connectivity index (χ1v) is 7.57. The Bertz CT molecular complexity index is 849. The Labute approximate surface area is 115 Å². The van der Waals surface area contributed by atoms with E-state index in [9.17, 15) is 8.42 Å². The Morgan fingerprint density at radius 1 is 1.30 bits per heavy atom. The molecule has 0 radical (unpaired) electrons. The highest BCUT2D eigenvalue weighted by Gasteiger charge is 2.18. The summed E-state index contributed by atoms with van der Waals surface area (Å²) in [5.41, 5.74) is 1.24. The average Bonchev–Trinajstić information content (AvgIpc) is 3.08. The summed E-state index contributed by atoms with van der Waals surface area (Å²) in [6.45, 7) is 1.90. The van der Waals surface area contributed by atoms with Gasteiger partial charge in [0.05, 0.1) is 23.6 Å². The molecule has 2 heterocycles. The number of nitrogens with zero attached hydrogens (tertiary/aromatic N) is 2. The fourth-order valence-electron chi connectivity index (χ4n) is 1.92. The number of rotatable bonds is 4. The molecular formula is C12H13N5O2S. The van der Waals surface area contributed by atoms with Crippen molar-refractivity contribution in [3.8, 4) is 0 Å². The minimum atomic E-state index is -3.68. The number of fused-ring (bicyclic) bond motifs is 1. The second-order valence-corrected chi connectivity index (χ2v) is 5.94. The van der Waals surface area contributed by atoms with Gasteiger partial charge in [0.2, 0.25) is 0 Å². The highest BCUT2D eigenvalue weighted by atomic mass is 32.2. The van der Waals surface area contributed by atoms with E-state index < -0.39 is 10.0 Å². The average molecular weight is 291 g/mol. The summed E-state index contributed by atoms with van der Waals surface area (Å²) < 4.78 is 27.1. The zero-order valence-corrected chi connectivity index (χ0v) is 11.5. The van der Waals surface area contributed by atoms with Crippen LogP contribution in [-0.4, -0.2) is 28.6 Å². The van der Waals surface area contributed by atoms with Gasteiger partial charge in [-0.1, -0.05) is 13.0 Å². The molecule has 20 heavy (non-hydrogen) atoms. The van der Waals surface area contributed by atoms with E-state index in [4.69, 9.17) is 0 Å². The van der Waals surface area contributed by atoms with Crippen LogP contribution < -0.4 is 4.72 Å². The number of aromatic nitrogens is 4. The fourth-order valence-corrected chi connectivity index (χ4v) is 2.94. The molecule has 0 unspecified atom stereocenters. The number of imidazole rings is 1.